The highest BCUT2D eigenvalue weighted by molar-refractivity contribution is 6.20. The van der Waals surface area contributed by atoms with E-state index in [1.807, 2.05) is 0 Å². The zero-order valence-corrected chi connectivity index (χ0v) is 11.3. The Hall–Kier alpha value is 0.130. The molecule has 0 radical (unpaired) electrons. The second kappa shape index (κ2) is 11.6. The molecule has 0 aliphatic carbocycles. The molecule has 0 bridgehead atoms. The summed E-state index contributed by atoms with van der Waals surface area (Å²) in [7, 11) is 5.40. The monoisotopic (exact) mass is 253 g/mol. The van der Waals surface area contributed by atoms with Crippen LogP contribution in [-0.4, -0.2) is 71.1 Å². The lowest BCUT2D eigenvalue weighted by atomic mass is 10.3. The molecule has 16 heavy (non-hydrogen) atoms. The van der Waals surface area contributed by atoms with Crippen molar-refractivity contribution >= 4 is 11.6 Å². The van der Waals surface area contributed by atoms with E-state index in [1.165, 1.54) is 0 Å². The molecule has 0 fully saturated rings. The summed E-state index contributed by atoms with van der Waals surface area (Å²) < 4.78 is 15.2. The summed E-state index contributed by atoms with van der Waals surface area (Å²) >= 11 is 6.04. The van der Waals surface area contributed by atoms with Gasteiger partial charge in [0.25, 0.3) is 0 Å². The van der Waals surface area contributed by atoms with Crippen LogP contribution in [-0.2, 0) is 14.2 Å². The minimum Gasteiger partial charge on any atom is -0.383 e. The third-order valence-electron chi connectivity index (χ3n) is 2.12. The molecular weight excluding hydrogens is 230 g/mol. The van der Waals surface area contributed by atoms with E-state index < -0.39 is 0 Å². The van der Waals surface area contributed by atoms with Gasteiger partial charge in [0.2, 0.25) is 0 Å². The molecule has 0 heterocycles. The largest absolute Gasteiger partial charge is 0.383 e. The lowest BCUT2D eigenvalue weighted by molar-refractivity contribution is 0.0660. The Balaban J connectivity index is 3.26. The molecule has 0 aromatic rings. The summed E-state index contributed by atoms with van der Waals surface area (Å²) in [5, 5.41) is 0.0596. The van der Waals surface area contributed by atoms with Crippen LogP contribution in [0.1, 0.15) is 6.42 Å². The fourth-order valence-corrected chi connectivity index (χ4v) is 1.71. The summed E-state index contributed by atoms with van der Waals surface area (Å²) in [6.07, 6.45) is 1.01. The lowest BCUT2D eigenvalue weighted by Crippen LogP contribution is -2.30. The standard InChI is InChI=1S/C11H24ClNO3/c1-13(9-11(12)10-15-3)5-4-6-16-8-7-14-2/h11H,4-10H2,1-3H3. The van der Waals surface area contributed by atoms with Crippen LogP contribution in [0.15, 0.2) is 0 Å². The normalized spacial score (nSPS) is 13.3. The fraction of sp³-hybridized carbons (Fsp3) is 1.00. The van der Waals surface area contributed by atoms with Crippen molar-refractivity contribution in [1.29, 1.82) is 0 Å². The van der Waals surface area contributed by atoms with Crippen LogP contribution in [0.2, 0.25) is 0 Å². The summed E-state index contributed by atoms with van der Waals surface area (Å²) in [4.78, 5) is 2.19. The predicted molar refractivity (Wildman–Crippen MR) is 66.3 cm³/mol. The highest BCUT2D eigenvalue weighted by Crippen LogP contribution is 1.99. The van der Waals surface area contributed by atoms with Crippen LogP contribution >= 0.6 is 11.6 Å². The van der Waals surface area contributed by atoms with Gasteiger partial charge in [0, 0.05) is 33.9 Å². The first-order valence-electron chi connectivity index (χ1n) is 5.59. The summed E-state index contributed by atoms with van der Waals surface area (Å²) in [5.74, 6) is 0. The van der Waals surface area contributed by atoms with Gasteiger partial charge < -0.3 is 19.1 Å². The molecule has 0 spiro atoms. The van der Waals surface area contributed by atoms with Gasteiger partial charge in [-0.2, -0.15) is 0 Å². The Morgan fingerprint density at radius 3 is 2.50 bits per heavy atom. The van der Waals surface area contributed by atoms with Crippen molar-refractivity contribution in [2.45, 2.75) is 11.8 Å². The molecule has 0 saturated heterocycles. The number of hydrogen-bond donors (Lipinski definition) is 0. The Morgan fingerprint density at radius 1 is 1.12 bits per heavy atom. The van der Waals surface area contributed by atoms with Gasteiger partial charge in [0.05, 0.1) is 25.2 Å². The zero-order chi connectivity index (χ0) is 12.2. The molecule has 0 saturated carbocycles. The van der Waals surface area contributed by atoms with Crippen molar-refractivity contribution in [3.05, 3.63) is 0 Å². The zero-order valence-electron chi connectivity index (χ0n) is 10.6. The van der Waals surface area contributed by atoms with Crippen molar-refractivity contribution in [3.8, 4) is 0 Å². The Morgan fingerprint density at radius 2 is 1.88 bits per heavy atom. The lowest BCUT2D eigenvalue weighted by Gasteiger charge is -2.19. The summed E-state index contributed by atoms with van der Waals surface area (Å²) in [6.45, 7) is 4.52. The van der Waals surface area contributed by atoms with Crippen molar-refractivity contribution in [3.63, 3.8) is 0 Å². The molecule has 0 amide bonds. The van der Waals surface area contributed by atoms with E-state index in [0.29, 0.717) is 19.8 Å². The van der Waals surface area contributed by atoms with Gasteiger partial charge in [-0.15, -0.1) is 11.6 Å². The van der Waals surface area contributed by atoms with Crippen LogP contribution in [0, 0.1) is 0 Å². The molecule has 1 atom stereocenters. The van der Waals surface area contributed by atoms with Gasteiger partial charge in [0.1, 0.15) is 0 Å². The van der Waals surface area contributed by atoms with E-state index in [9.17, 15) is 0 Å². The van der Waals surface area contributed by atoms with E-state index in [-0.39, 0.29) is 5.38 Å². The number of halogens is 1. The fourth-order valence-electron chi connectivity index (χ4n) is 1.34. The van der Waals surface area contributed by atoms with Crippen LogP contribution in [0.4, 0.5) is 0 Å². The van der Waals surface area contributed by atoms with Crippen molar-refractivity contribution in [2.75, 3.05) is 60.8 Å². The number of nitrogens with zero attached hydrogens (tertiary/aromatic N) is 1. The maximum absolute atomic E-state index is 6.04. The first-order valence-corrected chi connectivity index (χ1v) is 6.02. The second-order valence-corrected chi connectivity index (χ2v) is 4.39. The van der Waals surface area contributed by atoms with Crippen LogP contribution in [0.25, 0.3) is 0 Å². The Labute approximate surface area is 104 Å². The van der Waals surface area contributed by atoms with Gasteiger partial charge in [-0.3, -0.25) is 0 Å². The van der Waals surface area contributed by atoms with E-state index in [0.717, 1.165) is 26.1 Å². The van der Waals surface area contributed by atoms with Gasteiger partial charge in [-0.05, 0) is 13.5 Å². The molecule has 0 N–H and O–H groups in total. The summed E-state index contributed by atoms with van der Waals surface area (Å²) in [6, 6.07) is 0. The third kappa shape index (κ3) is 10.6. The molecule has 1 unspecified atom stereocenters. The quantitative estimate of drug-likeness (QED) is 0.409. The van der Waals surface area contributed by atoms with Crippen LogP contribution < -0.4 is 0 Å². The van der Waals surface area contributed by atoms with E-state index in [1.54, 1.807) is 14.2 Å². The maximum Gasteiger partial charge on any atom is 0.0700 e. The number of methoxy groups -OCH3 is 2. The first-order chi connectivity index (χ1) is 7.70. The number of alkyl halides is 1. The maximum atomic E-state index is 6.04. The van der Waals surface area contributed by atoms with Crippen LogP contribution in [0.5, 0.6) is 0 Å². The predicted octanol–water partition coefficient (Wildman–Crippen LogP) is 1.23. The third-order valence-corrected chi connectivity index (χ3v) is 2.38. The topological polar surface area (TPSA) is 30.9 Å². The SMILES string of the molecule is COCCOCCCN(C)CC(Cl)COC. The number of rotatable bonds is 11. The molecule has 0 rings (SSSR count). The Bertz CT molecular complexity index is 149. The molecule has 0 aromatic heterocycles. The van der Waals surface area contributed by atoms with Gasteiger partial charge in [-0.1, -0.05) is 0 Å². The highest BCUT2D eigenvalue weighted by atomic mass is 35.5. The van der Waals surface area contributed by atoms with Crippen molar-refractivity contribution < 1.29 is 14.2 Å². The summed E-state index contributed by atoms with van der Waals surface area (Å²) in [5.41, 5.74) is 0. The molecule has 5 heteroatoms. The van der Waals surface area contributed by atoms with E-state index in [2.05, 4.69) is 11.9 Å². The minimum absolute atomic E-state index is 0.0596. The van der Waals surface area contributed by atoms with Crippen LogP contribution in [0.3, 0.4) is 0 Å². The van der Waals surface area contributed by atoms with Gasteiger partial charge in [0.15, 0.2) is 0 Å². The van der Waals surface area contributed by atoms with E-state index >= 15 is 0 Å². The minimum atomic E-state index is 0.0596. The average Bonchev–Trinajstić information content (AvgIpc) is 2.23. The van der Waals surface area contributed by atoms with Crippen molar-refractivity contribution in [1.82, 2.24) is 4.90 Å². The number of hydrogen-bond acceptors (Lipinski definition) is 4. The average molecular weight is 254 g/mol. The smallest absolute Gasteiger partial charge is 0.0700 e. The van der Waals surface area contributed by atoms with Gasteiger partial charge in [-0.25, -0.2) is 0 Å². The molecule has 4 nitrogen and oxygen atoms in total. The number of ether oxygens (including phenoxy) is 3. The van der Waals surface area contributed by atoms with E-state index in [4.69, 9.17) is 25.8 Å². The molecular formula is C11H24ClNO3. The first kappa shape index (κ1) is 16.1. The van der Waals surface area contributed by atoms with Gasteiger partial charge >= 0.3 is 0 Å². The molecule has 0 aliphatic heterocycles. The Kier molecular flexibility index (Phi) is 11.7. The van der Waals surface area contributed by atoms with Crippen molar-refractivity contribution in [2.24, 2.45) is 0 Å². The molecule has 0 aromatic carbocycles. The second-order valence-electron chi connectivity index (χ2n) is 3.77. The molecule has 98 valence electrons. The highest BCUT2D eigenvalue weighted by Gasteiger charge is 2.07. The molecule has 0 aliphatic rings.